The summed E-state index contributed by atoms with van der Waals surface area (Å²) in [5, 5.41) is 5.34. The van der Waals surface area contributed by atoms with Crippen LogP contribution in [0.1, 0.15) is 38.2 Å². The molecule has 0 spiro atoms. The standard InChI is InChI=1S/C31H34Cl2N6O4/c1-3-21(2)39-31(40)38(20-35-39)29-11-7-24(17-34-29)37-14-12-36(13-15-37)23-5-8-25(9-6-23)41-18-26-19-42-30(43-26)27-10-4-22(32)16-28(27)33/h4-11,16-17,20-21,26,30H,3,12-15,18-19H2,1-2H3/t21?,26-,30-/m1/s1. The summed E-state index contributed by atoms with van der Waals surface area (Å²) in [5.41, 5.74) is 2.77. The van der Waals surface area contributed by atoms with Gasteiger partial charge in [-0.1, -0.05) is 36.2 Å². The Hall–Kier alpha value is -3.57. The third-order valence-corrected chi connectivity index (χ3v) is 8.49. The number of rotatable bonds is 9. The van der Waals surface area contributed by atoms with Crippen molar-refractivity contribution in [2.75, 3.05) is 49.2 Å². The first-order valence-electron chi connectivity index (χ1n) is 14.5. The average Bonchev–Trinajstić information content (AvgIpc) is 3.67. The molecule has 3 atom stereocenters. The van der Waals surface area contributed by atoms with Crippen LogP contribution in [0.4, 0.5) is 11.4 Å². The quantitative estimate of drug-likeness (QED) is 0.240. The number of nitrogens with zero attached hydrogens (tertiary/aromatic N) is 6. The number of piperazine rings is 1. The molecule has 226 valence electrons. The smallest absolute Gasteiger partial charge is 0.351 e. The summed E-state index contributed by atoms with van der Waals surface area (Å²) < 4.78 is 20.8. The van der Waals surface area contributed by atoms with Crippen LogP contribution in [0.5, 0.6) is 5.75 Å². The molecule has 0 N–H and O–H groups in total. The molecule has 0 aliphatic carbocycles. The fraction of sp³-hybridized carbons (Fsp3) is 0.387. The summed E-state index contributed by atoms with van der Waals surface area (Å²) in [6.07, 6.45) is 3.48. The molecule has 12 heteroatoms. The van der Waals surface area contributed by atoms with Crippen molar-refractivity contribution in [1.29, 1.82) is 0 Å². The lowest BCUT2D eigenvalue weighted by Crippen LogP contribution is -2.46. The van der Waals surface area contributed by atoms with Gasteiger partial charge in [0.1, 0.15) is 30.6 Å². The van der Waals surface area contributed by atoms with Crippen LogP contribution in [0.15, 0.2) is 71.9 Å². The van der Waals surface area contributed by atoms with E-state index in [4.69, 9.17) is 37.4 Å². The van der Waals surface area contributed by atoms with Crippen LogP contribution in [0.25, 0.3) is 5.82 Å². The average molecular weight is 626 g/mol. The van der Waals surface area contributed by atoms with Gasteiger partial charge < -0.3 is 24.0 Å². The summed E-state index contributed by atoms with van der Waals surface area (Å²) in [6, 6.07) is 17.3. The lowest BCUT2D eigenvalue weighted by Gasteiger charge is -2.37. The van der Waals surface area contributed by atoms with E-state index >= 15 is 0 Å². The Balaban J connectivity index is 0.981. The van der Waals surface area contributed by atoms with Crippen molar-refractivity contribution < 1.29 is 14.2 Å². The minimum absolute atomic E-state index is 0.0459. The molecule has 43 heavy (non-hydrogen) atoms. The maximum absolute atomic E-state index is 12.7. The van der Waals surface area contributed by atoms with E-state index in [0.717, 1.165) is 55.3 Å². The second kappa shape index (κ2) is 13.0. The molecule has 1 unspecified atom stereocenters. The minimum Gasteiger partial charge on any atom is -0.491 e. The SMILES string of the molecule is CCC(C)n1ncn(-c2ccc(N3CCN(c4ccc(OC[C@@H]5CO[C@@H](c6ccc(Cl)cc6Cl)O5)cc4)CC3)cn2)c1=O. The van der Waals surface area contributed by atoms with Gasteiger partial charge in [-0.15, -0.1) is 0 Å². The van der Waals surface area contributed by atoms with Gasteiger partial charge in [-0.2, -0.15) is 5.10 Å². The van der Waals surface area contributed by atoms with Gasteiger partial charge in [0.2, 0.25) is 0 Å². The van der Waals surface area contributed by atoms with Crippen LogP contribution < -0.4 is 20.2 Å². The van der Waals surface area contributed by atoms with Crippen molar-refractivity contribution in [1.82, 2.24) is 19.3 Å². The molecule has 2 aromatic carbocycles. The molecule has 4 heterocycles. The molecule has 4 aromatic rings. The van der Waals surface area contributed by atoms with Crippen molar-refractivity contribution in [3.05, 3.63) is 93.2 Å². The van der Waals surface area contributed by atoms with Gasteiger partial charge in [0, 0.05) is 42.5 Å². The third-order valence-electron chi connectivity index (χ3n) is 7.93. The highest BCUT2D eigenvalue weighted by Gasteiger charge is 2.29. The highest BCUT2D eigenvalue weighted by molar-refractivity contribution is 6.35. The first-order chi connectivity index (χ1) is 20.9. The molecule has 6 rings (SSSR count). The highest BCUT2D eigenvalue weighted by Crippen LogP contribution is 2.33. The topological polar surface area (TPSA) is 86.9 Å². The molecular formula is C31H34Cl2N6O4. The number of hydrogen-bond donors (Lipinski definition) is 0. The number of hydrogen-bond acceptors (Lipinski definition) is 8. The van der Waals surface area contributed by atoms with Crippen LogP contribution in [0.2, 0.25) is 10.0 Å². The summed E-state index contributed by atoms with van der Waals surface area (Å²) in [4.78, 5) is 21.9. The normalized spacial score (nSPS) is 19.5. The van der Waals surface area contributed by atoms with Crippen molar-refractivity contribution in [2.45, 2.75) is 38.7 Å². The second-order valence-electron chi connectivity index (χ2n) is 10.7. The van der Waals surface area contributed by atoms with Crippen LogP contribution in [0.3, 0.4) is 0 Å². The van der Waals surface area contributed by atoms with E-state index in [-0.39, 0.29) is 17.8 Å². The Morgan fingerprint density at radius 2 is 1.72 bits per heavy atom. The molecule has 0 bridgehead atoms. The van der Waals surface area contributed by atoms with Crippen molar-refractivity contribution in [2.24, 2.45) is 0 Å². The molecule has 2 aliphatic rings. The molecule has 2 aliphatic heterocycles. The zero-order valence-corrected chi connectivity index (χ0v) is 25.6. The van der Waals surface area contributed by atoms with Gasteiger partial charge in [-0.25, -0.2) is 19.0 Å². The Morgan fingerprint density at radius 1 is 1.00 bits per heavy atom. The summed E-state index contributed by atoms with van der Waals surface area (Å²) in [7, 11) is 0. The number of pyridine rings is 1. The van der Waals surface area contributed by atoms with Crippen LogP contribution in [-0.2, 0) is 9.47 Å². The summed E-state index contributed by atoms with van der Waals surface area (Å²) in [5.74, 6) is 1.35. The van der Waals surface area contributed by atoms with E-state index in [1.807, 2.05) is 50.4 Å². The molecule has 2 saturated heterocycles. The largest absolute Gasteiger partial charge is 0.491 e. The van der Waals surface area contributed by atoms with Crippen LogP contribution in [-0.4, -0.2) is 64.8 Å². The molecule has 0 radical (unpaired) electrons. The number of aromatic nitrogens is 4. The zero-order valence-electron chi connectivity index (χ0n) is 24.1. The molecule has 2 fully saturated rings. The van der Waals surface area contributed by atoms with Gasteiger partial charge >= 0.3 is 5.69 Å². The second-order valence-corrected chi connectivity index (χ2v) is 11.6. The van der Waals surface area contributed by atoms with Crippen molar-refractivity contribution in [3.8, 4) is 11.6 Å². The van der Waals surface area contributed by atoms with Gasteiger partial charge in [0.25, 0.3) is 0 Å². The first-order valence-corrected chi connectivity index (χ1v) is 15.2. The maximum atomic E-state index is 12.7. The van der Waals surface area contributed by atoms with Crippen molar-refractivity contribution >= 4 is 34.6 Å². The van der Waals surface area contributed by atoms with E-state index in [0.29, 0.717) is 29.1 Å². The van der Waals surface area contributed by atoms with Gasteiger partial charge in [0.15, 0.2) is 6.29 Å². The fourth-order valence-electron chi connectivity index (χ4n) is 5.21. The monoisotopic (exact) mass is 624 g/mol. The predicted octanol–water partition coefficient (Wildman–Crippen LogP) is 5.53. The first kappa shape index (κ1) is 29.5. The number of ether oxygens (including phenoxy) is 3. The van der Waals surface area contributed by atoms with E-state index in [1.165, 1.54) is 15.6 Å². The van der Waals surface area contributed by atoms with E-state index in [1.54, 1.807) is 12.1 Å². The Labute approximate surface area is 260 Å². The summed E-state index contributed by atoms with van der Waals surface area (Å²) >= 11 is 12.3. The minimum atomic E-state index is -0.530. The van der Waals surface area contributed by atoms with E-state index in [9.17, 15) is 4.79 Å². The van der Waals surface area contributed by atoms with Gasteiger partial charge in [-0.05, 0) is 61.9 Å². The Bertz CT molecular complexity index is 1590. The van der Waals surface area contributed by atoms with Gasteiger partial charge in [0.05, 0.1) is 29.6 Å². The molecule has 0 saturated carbocycles. The number of benzene rings is 2. The molecule has 2 aromatic heterocycles. The summed E-state index contributed by atoms with van der Waals surface area (Å²) in [6.45, 7) is 8.30. The lowest BCUT2D eigenvalue weighted by atomic mass is 10.2. The van der Waals surface area contributed by atoms with Crippen LogP contribution in [0, 0.1) is 0 Å². The number of halogens is 2. The third kappa shape index (κ3) is 6.52. The van der Waals surface area contributed by atoms with Crippen LogP contribution >= 0.6 is 23.2 Å². The Morgan fingerprint density at radius 3 is 2.40 bits per heavy atom. The lowest BCUT2D eigenvalue weighted by molar-refractivity contribution is -0.0658. The Kier molecular flexibility index (Phi) is 8.90. The zero-order chi connectivity index (χ0) is 29.9. The molecular weight excluding hydrogens is 591 g/mol. The molecule has 10 nitrogen and oxygen atoms in total. The van der Waals surface area contributed by atoms with Crippen molar-refractivity contribution in [3.63, 3.8) is 0 Å². The van der Waals surface area contributed by atoms with Gasteiger partial charge in [-0.3, -0.25) is 0 Å². The maximum Gasteiger partial charge on any atom is 0.351 e. The molecule has 0 amide bonds. The van der Waals surface area contributed by atoms with E-state index in [2.05, 4.69) is 32.0 Å². The van der Waals surface area contributed by atoms with E-state index < -0.39 is 6.29 Å². The fourth-order valence-corrected chi connectivity index (χ4v) is 5.71. The number of anilines is 2. The predicted molar refractivity (Wildman–Crippen MR) is 167 cm³/mol. The highest BCUT2D eigenvalue weighted by atomic mass is 35.5.